The summed E-state index contributed by atoms with van der Waals surface area (Å²) in [5, 5.41) is 0. The number of hydrogen-bond acceptors (Lipinski definition) is 4. The number of aromatic nitrogens is 1. The van der Waals surface area contributed by atoms with Crippen molar-refractivity contribution < 1.29 is 9.21 Å². The lowest BCUT2D eigenvalue weighted by Crippen LogP contribution is -2.34. The van der Waals surface area contributed by atoms with Crippen molar-refractivity contribution in [2.24, 2.45) is 5.92 Å². The van der Waals surface area contributed by atoms with Crippen molar-refractivity contribution in [2.45, 2.75) is 32.2 Å². The number of likely N-dealkylation sites (tertiary alicyclic amines) is 1. The third kappa shape index (κ3) is 4.28. The van der Waals surface area contributed by atoms with Gasteiger partial charge in [-0.3, -0.25) is 14.7 Å². The fraction of sp³-hybridized carbons (Fsp3) is 0.500. The van der Waals surface area contributed by atoms with E-state index >= 15 is 0 Å². The first-order chi connectivity index (χ1) is 12.0. The lowest BCUT2D eigenvalue weighted by Gasteiger charge is -2.28. The van der Waals surface area contributed by atoms with Gasteiger partial charge in [0.05, 0.1) is 0 Å². The minimum Gasteiger partial charge on any atom is -0.466 e. The topological polar surface area (TPSA) is 49.6 Å². The molecule has 0 spiro atoms. The molecule has 1 aliphatic rings. The molecule has 134 valence electrons. The van der Waals surface area contributed by atoms with Gasteiger partial charge in [0.1, 0.15) is 11.5 Å². The highest BCUT2D eigenvalue weighted by molar-refractivity contribution is 5.76. The normalized spacial score (nSPS) is 20.8. The Balaban J connectivity index is 1.57. The Kier molecular flexibility index (Phi) is 5.53. The van der Waals surface area contributed by atoms with Crippen LogP contribution < -0.4 is 0 Å². The molecule has 3 heterocycles. The van der Waals surface area contributed by atoms with Crippen LogP contribution in [0.15, 0.2) is 41.1 Å². The molecule has 2 atom stereocenters. The summed E-state index contributed by atoms with van der Waals surface area (Å²) in [6.07, 6.45) is 6.00. The number of aryl methyl sites for hydroxylation is 2. The van der Waals surface area contributed by atoms with E-state index in [4.69, 9.17) is 4.42 Å². The van der Waals surface area contributed by atoms with Crippen LogP contribution in [0.5, 0.6) is 0 Å². The highest BCUT2D eigenvalue weighted by atomic mass is 16.3. The second-order valence-electron chi connectivity index (χ2n) is 7.05. The molecule has 0 bridgehead atoms. The molecular formula is C20H27N3O2. The van der Waals surface area contributed by atoms with Crippen LogP contribution in [0.25, 0.3) is 0 Å². The smallest absolute Gasteiger partial charge is 0.222 e. The van der Waals surface area contributed by atoms with Crippen molar-refractivity contribution in [3.05, 3.63) is 53.7 Å². The van der Waals surface area contributed by atoms with E-state index in [1.807, 2.05) is 43.3 Å². The Morgan fingerprint density at radius 2 is 2.24 bits per heavy atom. The zero-order chi connectivity index (χ0) is 17.8. The molecule has 25 heavy (non-hydrogen) atoms. The van der Waals surface area contributed by atoms with Gasteiger partial charge in [0.25, 0.3) is 0 Å². The fourth-order valence-corrected chi connectivity index (χ4v) is 3.79. The van der Waals surface area contributed by atoms with Crippen LogP contribution in [0.4, 0.5) is 0 Å². The van der Waals surface area contributed by atoms with Gasteiger partial charge in [-0.2, -0.15) is 0 Å². The van der Waals surface area contributed by atoms with Crippen LogP contribution in [0.2, 0.25) is 0 Å². The third-order valence-electron chi connectivity index (χ3n) is 5.12. The van der Waals surface area contributed by atoms with E-state index in [2.05, 4.69) is 23.0 Å². The number of rotatable bonds is 6. The van der Waals surface area contributed by atoms with Crippen LogP contribution >= 0.6 is 0 Å². The maximum absolute atomic E-state index is 12.5. The summed E-state index contributed by atoms with van der Waals surface area (Å²) < 4.78 is 5.55. The molecule has 2 aromatic heterocycles. The predicted octanol–water partition coefficient (Wildman–Crippen LogP) is 3.07. The lowest BCUT2D eigenvalue weighted by atomic mass is 9.94. The van der Waals surface area contributed by atoms with Gasteiger partial charge in [-0.05, 0) is 56.6 Å². The van der Waals surface area contributed by atoms with Gasteiger partial charge in [-0.25, -0.2) is 0 Å². The predicted molar refractivity (Wildman–Crippen MR) is 97.1 cm³/mol. The molecule has 1 amide bonds. The molecule has 1 fully saturated rings. The molecular weight excluding hydrogens is 314 g/mol. The van der Waals surface area contributed by atoms with E-state index in [9.17, 15) is 4.79 Å². The average molecular weight is 341 g/mol. The number of carbonyl (C=O) groups excluding carboxylic acids is 1. The molecule has 0 saturated carbocycles. The van der Waals surface area contributed by atoms with Crippen molar-refractivity contribution in [3.8, 4) is 0 Å². The summed E-state index contributed by atoms with van der Waals surface area (Å²) in [6, 6.07) is 8.34. The van der Waals surface area contributed by atoms with Gasteiger partial charge in [0, 0.05) is 44.9 Å². The zero-order valence-corrected chi connectivity index (χ0v) is 15.3. The molecule has 5 heteroatoms. The van der Waals surface area contributed by atoms with Gasteiger partial charge in [-0.1, -0.05) is 6.07 Å². The van der Waals surface area contributed by atoms with Crippen LogP contribution in [-0.4, -0.2) is 47.9 Å². The van der Waals surface area contributed by atoms with Crippen molar-refractivity contribution in [3.63, 3.8) is 0 Å². The van der Waals surface area contributed by atoms with Gasteiger partial charge in [0.2, 0.25) is 5.91 Å². The summed E-state index contributed by atoms with van der Waals surface area (Å²) in [6.45, 7) is 3.75. The number of amides is 1. The SMILES string of the molecule is Cc1ccc(CCC(=O)N(C)C[C@@H]2CCN(C)[C@H]2c2cccnc2)o1. The number of pyridine rings is 1. The maximum Gasteiger partial charge on any atom is 0.222 e. The minimum absolute atomic E-state index is 0.175. The van der Waals surface area contributed by atoms with E-state index in [1.54, 1.807) is 6.20 Å². The first-order valence-corrected chi connectivity index (χ1v) is 8.94. The molecule has 2 aromatic rings. The quantitative estimate of drug-likeness (QED) is 0.810. The van der Waals surface area contributed by atoms with E-state index in [0.717, 1.165) is 31.0 Å². The summed E-state index contributed by atoms with van der Waals surface area (Å²) in [7, 11) is 4.06. The zero-order valence-electron chi connectivity index (χ0n) is 15.3. The van der Waals surface area contributed by atoms with Crippen LogP contribution in [-0.2, 0) is 11.2 Å². The highest BCUT2D eigenvalue weighted by Gasteiger charge is 2.34. The van der Waals surface area contributed by atoms with E-state index in [0.29, 0.717) is 24.8 Å². The summed E-state index contributed by atoms with van der Waals surface area (Å²) >= 11 is 0. The van der Waals surface area contributed by atoms with Gasteiger partial charge < -0.3 is 9.32 Å². The van der Waals surface area contributed by atoms with Gasteiger partial charge in [0.15, 0.2) is 0 Å². The average Bonchev–Trinajstić information content (AvgIpc) is 3.19. The van der Waals surface area contributed by atoms with Crippen molar-refractivity contribution in [2.75, 3.05) is 27.2 Å². The molecule has 0 aliphatic carbocycles. The van der Waals surface area contributed by atoms with Crippen LogP contribution in [0.1, 0.15) is 36.0 Å². The van der Waals surface area contributed by atoms with Gasteiger partial charge in [-0.15, -0.1) is 0 Å². The second-order valence-corrected chi connectivity index (χ2v) is 7.05. The standard InChI is InChI=1S/C20H27N3O2/c1-15-6-7-18(25-15)8-9-19(24)23(3)14-17-10-12-22(2)20(17)16-5-4-11-21-13-16/h4-7,11,13,17,20H,8-10,12,14H2,1-3H3/t17-,20-/m0/s1. The molecule has 1 saturated heterocycles. The Bertz CT molecular complexity index is 698. The molecule has 0 aromatic carbocycles. The van der Waals surface area contributed by atoms with Crippen molar-refractivity contribution >= 4 is 5.91 Å². The van der Waals surface area contributed by atoms with E-state index in [1.165, 1.54) is 5.56 Å². The molecule has 0 radical (unpaired) electrons. The third-order valence-corrected chi connectivity index (χ3v) is 5.12. The van der Waals surface area contributed by atoms with Crippen molar-refractivity contribution in [1.29, 1.82) is 0 Å². The monoisotopic (exact) mass is 341 g/mol. The highest BCUT2D eigenvalue weighted by Crippen LogP contribution is 2.36. The number of carbonyl (C=O) groups is 1. The first kappa shape index (κ1) is 17.7. The maximum atomic E-state index is 12.5. The Labute approximate surface area is 149 Å². The van der Waals surface area contributed by atoms with Gasteiger partial charge >= 0.3 is 0 Å². The Morgan fingerprint density at radius 3 is 2.92 bits per heavy atom. The summed E-state index contributed by atoms with van der Waals surface area (Å²) in [5.74, 6) is 2.39. The molecule has 3 rings (SSSR count). The van der Waals surface area contributed by atoms with E-state index < -0.39 is 0 Å². The number of nitrogens with zero attached hydrogens (tertiary/aromatic N) is 3. The van der Waals surface area contributed by atoms with Crippen LogP contribution in [0, 0.1) is 12.8 Å². The summed E-state index contributed by atoms with van der Waals surface area (Å²) in [4.78, 5) is 21.0. The van der Waals surface area contributed by atoms with E-state index in [-0.39, 0.29) is 5.91 Å². The number of hydrogen-bond donors (Lipinski definition) is 0. The van der Waals surface area contributed by atoms with Crippen molar-refractivity contribution in [1.82, 2.24) is 14.8 Å². The first-order valence-electron chi connectivity index (χ1n) is 8.94. The number of furan rings is 1. The molecule has 5 nitrogen and oxygen atoms in total. The second kappa shape index (κ2) is 7.83. The molecule has 0 unspecified atom stereocenters. The Hall–Kier alpha value is -2.14. The van der Waals surface area contributed by atoms with Crippen LogP contribution in [0.3, 0.4) is 0 Å². The lowest BCUT2D eigenvalue weighted by molar-refractivity contribution is -0.130. The molecule has 0 N–H and O–H groups in total. The summed E-state index contributed by atoms with van der Waals surface area (Å²) in [5.41, 5.74) is 1.24. The fourth-order valence-electron chi connectivity index (χ4n) is 3.79. The largest absolute Gasteiger partial charge is 0.466 e. The minimum atomic E-state index is 0.175. The Morgan fingerprint density at radius 1 is 1.40 bits per heavy atom. The molecule has 1 aliphatic heterocycles.